The van der Waals surface area contributed by atoms with Gasteiger partial charge < -0.3 is 5.11 Å². The molecular formula is C15H19BrO. The molecule has 0 radical (unpaired) electrons. The maximum absolute atomic E-state index is 10.4. The lowest BCUT2D eigenvalue weighted by atomic mass is 9.82. The van der Waals surface area contributed by atoms with Gasteiger partial charge in [0.15, 0.2) is 0 Å². The standard InChI is InChI=1S/C15H19BrO/c16-14-4-2-1-3-12(14)9-15(17)13-8-10-5-6-11(13)7-10/h1-4,10-11,13,15,17H,5-9H2. The summed E-state index contributed by atoms with van der Waals surface area (Å²) in [6.45, 7) is 0. The second-order valence-corrected chi connectivity index (χ2v) is 6.56. The molecule has 0 amide bonds. The molecular weight excluding hydrogens is 276 g/mol. The van der Waals surface area contributed by atoms with Crippen molar-refractivity contribution in [2.45, 2.75) is 38.2 Å². The van der Waals surface area contributed by atoms with Gasteiger partial charge >= 0.3 is 0 Å². The molecule has 2 aliphatic carbocycles. The number of aliphatic hydroxyl groups excluding tert-OH is 1. The highest BCUT2D eigenvalue weighted by atomic mass is 79.9. The average Bonchev–Trinajstić information content (AvgIpc) is 2.94. The van der Waals surface area contributed by atoms with E-state index in [4.69, 9.17) is 0 Å². The van der Waals surface area contributed by atoms with Gasteiger partial charge in [-0.25, -0.2) is 0 Å². The van der Waals surface area contributed by atoms with Gasteiger partial charge in [-0.2, -0.15) is 0 Å². The third kappa shape index (κ3) is 2.30. The molecule has 1 N–H and O–H groups in total. The molecule has 2 fully saturated rings. The topological polar surface area (TPSA) is 20.2 Å². The molecule has 1 aromatic rings. The van der Waals surface area contributed by atoms with Gasteiger partial charge in [0.25, 0.3) is 0 Å². The summed E-state index contributed by atoms with van der Waals surface area (Å²) >= 11 is 3.56. The first kappa shape index (κ1) is 11.7. The van der Waals surface area contributed by atoms with Crippen LogP contribution in [0.4, 0.5) is 0 Å². The van der Waals surface area contributed by atoms with Crippen molar-refractivity contribution < 1.29 is 5.11 Å². The van der Waals surface area contributed by atoms with Crippen molar-refractivity contribution in [3.63, 3.8) is 0 Å². The van der Waals surface area contributed by atoms with Crippen LogP contribution in [-0.4, -0.2) is 11.2 Å². The summed E-state index contributed by atoms with van der Waals surface area (Å²) in [6, 6.07) is 8.24. The molecule has 0 heterocycles. The monoisotopic (exact) mass is 294 g/mol. The minimum Gasteiger partial charge on any atom is -0.392 e. The third-order valence-corrected chi connectivity index (χ3v) is 5.45. The molecule has 2 bridgehead atoms. The molecule has 17 heavy (non-hydrogen) atoms. The van der Waals surface area contributed by atoms with Gasteiger partial charge in [0.2, 0.25) is 0 Å². The Kier molecular flexibility index (Phi) is 3.27. The molecule has 3 rings (SSSR count). The summed E-state index contributed by atoms with van der Waals surface area (Å²) in [6.07, 6.45) is 6.04. The van der Waals surface area contributed by atoms with Gasteiger partial charge in [0.05, 0.1) is 6.10 Å². The second-order valence-electron chi connectivity index (χ2n) is 5.70. The van der Waals surface area contributed by atoms with Crippen LogP contribution in [0.15, 0.2) is 28.7 Å². The van der Waals surface area contributed by atoms with E-state index in [1.165, 1.54) is 31.2 Å². The number of rotatable bonds is 3. The molecule has 2 saturated carbocycles. The fourth-order valence-electron chi connectivity index (χ4n) is 3.81. The molecule has 1 aromatic carbocycles. The van der Waals surface area contributed by atoms with Crippen LogP contribution in [0.3, 0.4) is 0 Å². The van der Waals surface area contributed by atoms with Gasteiger partial charge in [-0.3, -0.25) is 0 Å². The lowest BCUT2D eigenvalue weighted by Gasteiger charge is -2.27. The Morgan fingerprint density at radius 1 is 1.24 bits per heavy atom. The largest absolute Gasteiger partial charge is 0.392 e. The Morgan fingerprint density at radius 3 is 2.71 bits per heavy atom. The summed E-state index contributed by atoms with van der Waals surface area (Å²) in [5.41, 5.74) is 1.24. The van der Waals surface area contributed by atoms with Crippen molar-refractivity contribution in [2.24, 2.45) is 17.8 Å². The maximum atomic E-state index is 10.4. The molecule has 1 nitrogen and oxygen atoms in total. The van der Waals surface area contributed by atoms with Crippen molar-refractivity contribution in [2.75, 3.05) is 0 Å². The van der Waals surface area contributed by atoms with Crippen LogP contribution < -0.4 is 0 Å². The van der Waals surface area contributed by atoms with E-state index in [1.54, 1.807) is 0 Å². The Morgan fingerprint density at radius 2 is 2.06 bits per heavy atom. The lowest BCUT2D eigenvalue weighted by molar-refractivity contribution is 0.0749. The quantitative estimate of drug-likeness (QED) is 0.899. The maximum Gasteiger partial charge on any atom is 0.0611 e. The minimum absolute atomic E-state index is 0.149. The van der Waals surface area contributed by atoms with Crippen molar-refractivity contribution >= 4 is 15.9 Å². The number of benzene rings is 1. The van der Waals surface area contributed by atoms with E-state index in [0.717, 1.165) is 22.7 Å². The van der Waals surface area contributed by atoms with Crippen molar-refractivity contribution in [3.8, 4) is 0 Å². The van der Waals surface area contributed by atoms with E-state index >= 15 is 0 Å². The van der Waals surface area contributed by atoms with Crippen LogP contribution in [0.25, 0.3) is 0 Å². The summed E-state index contributed by atoms with van der Waals surface area (Å²) in [7, 11) is 0. The average molecular weight is 295 g/mol. The van der Waals surface area contributed by atoms with Gasteiger partial charge in [0, 0.05) is 4.47 Å². The summed E-state index contributed by atoms with van der Waals surface area (Å²) in [5, 5.41) is 10.4. The van der Waals surface area contributed by atoms with Gasteiger partial charge in [0.1, 0.15) is 0 Å². The van der Waals surface area contributed by atoms with E-state index < -0.39 is 0 Å². The highest BCUT2D eigenvalue weighted by Gasteiger charge is 2.42. The highest BCUT2D eigenvalue weighted by Crippen LogP contribution is 2.49. The number of hydrogen-bond donors (Lipinski definition) is 1. The van der Waals surface area contributed by atoms with Crippen molar-refractivity contribution in [3.05, 3.63) is 34.3 Å². The first-order valence-electron chi connectivity index (χ1n) is 6.65. The second kappa shape index (κ2) is 4.74. The predicted octanol–water partition coefficient (Wildman–Crippen LogP) is 3.79. The lowest BCUT2D eigenvalue weighted by Crippen LogP contribution is -2.27. The molecule has 0 aliphatic heterocycles. The normalized spacial score (nSPS) is 32.9. The van der Waals surface area contributed by atoms with Gasteiger partial charge in [-0.1, -0.05) is 40.5 Å². The van der Waals surface area contributed by atoms with Gasteiger partial charge in [-0.05, 0) is 55.1 Å². The summed E-state index contributed by atoms with van der Waals surface area (Å²) in [5.74, 6) is 2.28. The van der Waals surface area contributed by atoms with Crippen LogP contribution in [0.1, 0.15) is 31.2 Å². The molecule has 92 valence electrons. The number of halogens is 1. The Labute approximate surface area is 111 Å². The smallest absolute Gasteiger partial charge is 0.0611 e. The van der Waals surface area contributed by atoms with Crippen LogP contribution in [-0.2, 0) is 6.42 Å². The zero-order valence-corrected chi connectivity index (χ0v) is 11.6. The molecule has 0 spiro atoms. The van der Waals surface area contributed by atoms with E-state index in [2.05, 4.69) is 28.1 Å². The Hall–Kier alpha value is -0.340. The Balaban J connectivity index is 1.68. The number of hydrogen-bond acceptors (Lipinski definition) is 1. The zero-order valence-electron chi connectivity index (χ0n) is 9.98. The first-order chi connectivity index (χ1) is 8.24. The van der Waals surface area contributed by atoms with Crippen LogP contribution in [0.5, 0.6) is 0 Å². The van der Waals surface area contributed by atoms with E-state index in [-0.39, 0.29) is 6.10 Å². The van der Waals surface area contributed by atoms with E-state index in [9.17, 15) is 5.11 Å². The summed E-state index contributed by atoms with van der Waals surface area (Å²) in [4.78, 5) is 0. The van der Waals surface area contributed by atoms with E-state index in [1.807, 2.05) is 12.1 Å². The molecule has 4 atom stereocenters. The molecule has 2 heteroatoms. The first-order valence-corrected chi connectivity index (χ1v) is 7.45. The summed E-state index contributed by atoms with van der Waals surface area (Å²) < 4.78 is 1.13. The van der Waals surface area contributed by atoms with Crippen LogP contribution in [0, 0.1) is 17.8 Å². The molecule has 0 aromatic heterocycles. The fourth-order valence-corrected chi connectivity index (χ4v) is 4.25. The van der Waals surface area contributed by atoms with Crippen molar-refractivity contribution in [1.82, 2.24) is 0 Å². The Bertz CT molecular complexity index is 404. The van der Waals surface area contributed by atoms with Crippen LogP contribution in [0.2, 0.25) is 0 Å². The molecule has 0 saturated heterocycles. The molecule has 2 aliphatic rings. The zero-order chi connectivity index (χ0) is 11.8. The van der Waals surface area contributed by atoms with Crippen molar-refractivity contribution in [1.29, 1.82) is 0 Å². The number of fused-ring (bicyclic) bond motifs is 2. The van der Waals surface area contributed by atoms with Crippen LogP contribution >= 0.6 is 15.9 Å². The van der Waals surface area contributed by atoms with Gasteiger partial charge in [-0.15, -0.1) is 0 Å². The minimum atomic E-state index is -0.149. The SMILES string of the molecule is OC(Cc1ccccc1Br)C1CC2CCC1C2. The van der Waals surface area contributed by atoms with E-state index in [0.29, 0.717) is 5.92 Å². The fraction of sp³-hybridized carbons (Fsp3) is 0.600. The number of aliphatic hydroxyl groups is 1. The highest BCUT2D eigenvalue weighted by molar-refractivity contribution is 9.10. The predicted molar refractivity (Wildman–Crippen MR) is 72.8 cm³/mol. The molecule has 4 unspecified atom stereocenters. The third-order valence-electron chi connectivity index (χ3n) is 4.67.